The number of aromatic amines is 1. The van der Waals surface area contributed by atoms with Crippen LogP contribution < -0.4 is 10.1 Å². The predicted octanol–water partition coefficient (Wildman–Crippen LogP) is 6.47. The Hall–Kier alpha value is -5.29. The van der Waals surface area contributed by atoms with Gasteiger partial charge in [-0.15, -0.1) is 0 Å². The number of aryl methyl sites for hydroxylation is 1. The van der Waals surface area contributed by atoms with Gasteiger partial charge in [-0.05, 0) is 78.9 Å². The van der Waals surface area contributed by atoms with E-state index in [1.807, 2.05) is 61.5 Å². The van der Waals surface area contributed by atoms with Gasteiger partial charge < -0.3 is 19.8 Å². The summed E-state index contributed by atoms with van der Waals surface area (Å²) in [6, 6.07) is 26.3. The van der Waals surface area contributed by atoms with Gasteiger partial charge in [0.25, 0.3) is 0 Å². The van der Waals surface area contributed by atoms with E-state index in [4.69, 9.17) is 9.47 Å². The van der Waals surface area contributed by atoms with Gasteiger partial charge in [0.2, 0.25) is 11.8 Å². The van der Waals surface area contributed by atoms with Gasteiger partial charge in [-0.2, -0.15) is 0 Å². The fraction of sp³-hybridized carbons (Fsp3) is 0.263. The third kappa shape index (κ3) is 8.99. The fourth-order valence-corrected chi connectivity index (χ4v) is 6.84. The highest BCUT2D eigenvalue weighted by Crippen LogP contribution is 2.28. The van der Waals surface area contributed by atoms with E-state index in [-0.39, 0.29) is 43.2 Å². The van der Waals surface area contributed by atoms with Gasteiger partial charge in [0.1, 0.15) is 24.2 Å². The number of fused-ring (bicyclic) bond motifs is 2. The third-order valence-corrected chi connectivity index (χ3v) is 9.64. The number of ether oxygens (including phenoxy) is 2. The molecule has 254 valence electrons. The van der Waals surface area contributed by atoms with Crippen LogP contribution >= 0.6 is 0 Å². The largest absolute Gasteiger partial charge is 0.497 e. The molecule has 2 atom stereocenters. The first-order valence-electron chi connectivity index (χ1n) is 15.9. The van der Waals surface area contributed by atoms with Crippen LogP contribution in [-0.4, -0.2) is 62.4 Å². The number of hydrogen-bond acceptors (Lipinski definition) is 7. The number of hydrogen-bond donors (Lipinski definition) is 2. The summed E-state index contributed by atoms with van der Waals surface area (Å²) in [5, 5.41) is 5.52. The Balaban J connectivity index is 1.49. The molecule has 0 fully saturated rings. The minimum absolute atomic E-state index is 0.00404. The summed E-state index contributed by atoms with van der Waals surface area (Å²) in [5.74, 6) is -0.856. The van der Waals surface area contributed by atoms with E-state index in [2.05, 4.69) is 10.3 Å². The lowest BCUT2D eigenvalue weighted by Gasteiger charge is -2.29. The smallest absolute Gasteiger partial charge is 0.417 e. The number of anilines is 1. The molecule has 5 rings (SSSR count). The second-order valence-electron chi connectivity index (χ2n) is 11.8. The maximum atomic E-state index is 14.3. The number of rotatable bonds is 14. The molecule has 0 aliphatic carbocycles. The summed E-state index contributed by atoms with van der Waals surface area (Å²) in [7, 11) is 0.0923. The molecule has 0 saturated carbocycles. The molecule has 5 aromatic rings. The molecular formula is C38H39N3O7S. The molecule has 0 spiro atoms. The van der Waals surface area contributed by atoms with Crippen LogP contribution in [0.2, 0.25) is 0 Å². The number of methoxy groups -OCH3 is 1. The standard InChI is InChI=1S/C38H39N3O7S/c1-25(42)24-49(46)19-9-14-35(37(44)40-30-16-15-28-12-7-8-13-29(28)20-30)41(38(45)48-23-27-10-5-4-6-11-27)36(43)22-32-26(2)39-34-18-17-31(47-3)21-33(32)34/h4-8,10-13,15-18,20-21,35,39H,9,14,19,22-24H2,1-3H3,(H,40,44)/t35-,49?/m0/s1. The average Bonchev–Trinajstić information content (AvgIpc) is 3.40. The molecule has 3 amide bonds. The van der Waals surface area contributed by atoms with Crippen molar-refractivity contribution >= 4 is 61.9 Å². The number of ketones is 1. The van der Waals surface area contributed by atoms with Crippen LogP contribution in [0.3, 0.4) is 0 Å². The summed E-state index contributed by atoms with van der Waals surface area (Å²) >= 11 is 0. The number of nitrogens with one attached hydrogen (secondary N) is 2. The maximum absolute atomic E-state index is 14.3. The number of aromatic nitrogens is 1. The van der Waals surface area contributed by atoms with E-state index in [0.29, 0.717) is 22.6 Å². The zero-order valence-electron chi connectivity index (χ0n) is 27.7. The molecular weight excluding hydrogens is 642 g/mol. The van der Waals surface area contributed by atoms with Gasteiger partial charge in [-0.1, -0.05) is 60.7 Å². The number of carbonyl (C=O) groups excluding carboxylic acids is 4. The zero-order valence-corrected chi connectivity index (χ0v) is 28.5. The van der Waals surface area contributed by atoms with Gasteiger partial charge in [0.05, 0.1) is 19.3 Å². The van der Waals surface area contributed by atoms with Crippen LogP contribution in [0, 0.1) is 6.92 Å². The van der Waals surface area contributed by atoms with E-state index in [0.717, 1.165) is 32.3 Å². The van der Waals surface area contributed by atoms with Crippen molar-refractivity contribution in [2.45, 2.75) is 45.8 Å². The van der Waals surface area contributed by atoms with Crippen molar-refractivity contribution in [1.29, 1.82) is 0 Å². The minimum atomic E-state index is -1.46. The van der Waals surface area contributed by atoms with Crippen LogP contribution in [0.4, 0.5) is 10.5 Å². The van der Waals surface area contributed by atoms with E-state index in [9.17, 15) is 23.4 Å². The summed E-state index contributed by atoms with van der Waals surface area (Å²) < 4.78 is 23.6. The van der Waals surface area contributed by atoms with E-state index >= 15 is 0 Å². The van der Waals surface area contributed by atoms with Gasteiger partial charge in [0, 0.05) is 38.8 Å². The Kier molecular flexibility index (Phi) is 11.6. The Morgan fingerprint density at radius 2 is 1.65 bits per heavy atom. The number of imide groups is 1. The first-order chi connectivity index (χ1) is 23.6. The molecule has 49 heavy (non-hydrogen) atoms. The number of benzene rings is 4. The molecule has 1 unspecified atom stereocenters. The first kappa shape index (κ1) is 35.0. The van der Waals surface area contributed by atoms with Crippen molar-refractivity contribution in [3.8, 4) is 5.75 Å². The molecule has 0 aliphatic rings. The van der Waals surface area contributed by atoms with Crippen LogP contribution in [0.15, 0.2) is 91.0 Å². The summed E-state index contributed by atoms with van der Waals surface area (Å²) in [6.45, 7) is 3.08. The Labute approximate surface area is 287 Å². The maximum Gasteiger partial charge on any atom is 0.417 e. The number of H-pyrrole nitrogens is 1. The number of nitrogens with zero attached hydrogens (tertiary/aromatic N) is 1. The van der Waals surface area contributed by atoms with Crippen molar-refractivity contribution in [1.82, 2.24) is 9.88 Å². The van der Waals surface area contributed by atoms with E-state index in [1.54, 1.807) is 43.5 Å². The minimum Gasteiger partial charge on any atom is -0.497 e. The van der Waals surface area contributed by atoms with Crippen LogP contribution in [0.1, 0.15) is 36.6 Å². The van der Waals surface area contributed by atoms with Crippen LogP contribution in [-0.2, 0) is 42.9 Å². The lowest BCUT2D eigenvalue weighted by molar-refractivity contribution is -0.136. The average molecular weight is 682 g/mol. The molecule has 0 radical (unpaired) electrons. The number of Topliss-reactive ketones (excluding diaryl/α,β-unsaturated/α-hetero) is 1. The van der Waals surface area contributed by atoms with Gasteiger partial charge >= 0.3 is 6.09 Å². The Morgan fingerprint density at radius 1 is 0.918 bits per heavy atom. The van der Waals surface area contributed by atoms with Crippen molar-refractivity contribution in [2.24, 2.45) is 0 Å². The molecule has 0 aliphatic heterocycles. The van der Waals surface area contributed by atoms with E-state index < -0.39 is 34.7 Å². The van der Waals surface area contributed by atoms with Gasteiger partial charge in [-0.3, -0.25) is 18.6 Å². The first-order valence-corrected chi connectivity index (χ1v) is 17.4. The molecule has 0 saturated heterocycles. The monoisotopic (exact) mass is 681 g/mol. The highest BCUT2D eigenvalue weighted by Gasteiger charge is 2.36. The highest BCUT2D eigenvalue weighted by atomic mass is 32.2. The fourth-order valence-electron chi connectivity index (χ4n) is 5.75. The molecule has 1 heterocycles. The van der Waals surface area contributed by atoms with Gasteiger partial charge in [0.15, 0.2) is 0 Å². The van der Waals surface area contributed by atoms with Crippen molar-refractivity contribution in [3.05, 3.63) is 108 Å². The van der Waals surface area contributed by atoms with Crippen molar-refractivity contribution < 1.29 is 32.9 Å². The number of carbonyl (C=O) groups is 4. The summed E-state index contributed by atoms with van der Waals surface area (Å²) in [6.07, 6.45) is -0.993. The molecule has 2 N–H and O–H groups in total. The predicted molar refractivity (Wildman–Crippen MR) is 191 cm³/mol. The molecule has 0 bridgehead atoms. The normalized spacial score (nSPS) is 12.3. The van der Waals surface area contributed by atoms with Crippen LogP contribution in [0.25, 0.3) is 21.7 Å². The summed E-state index contributed by atoms with van der Waals surface area (Å²) in [5.41, 5.74) is 3.36. The third-order valence-electron chi connectivity index (χ3n) is 8.17. The zero-order chi connectivity index (χ0) is 34.9. The Bertz CT molecular complexity index is 2010. The molecule has 1 aromatic heterocycles. The molecule has 10 nitrogen and oxygen atoms in total. The summed E-state index contributed by atoms with van der Waals surface area (Å²) in [4.78, 5) is 58.1. The topological polar surface area (TPSA) is 135 Å². The molecule has 11 heteroatoms. The lowest BCUT2D eigenvalue weighted by atomic mass is 10.0. The second kappa shape index (κ2) is 16.2. The molecule has 4 aromatic carbocycles. The van der Waals surface area contributed by atoms with Crippen molar-refractivity contribution in [2.75, 3.05) is 23.9 Å². The van der Waals surface area contributed by atoms with Gasteiger partial charge in [-0.25, -0.2) is 9.69 Å². The number of amides is 3. The lowest BCUT2D eigenvalue weighted by Crippen LogP contribution is -2.51. The SMILES string of the molecule is COc1ccc2[nH]c(C)c(CC(=O)N(C(=O)OCc3ccccc3)[C@@H](CCCS(=O)CC(C)=O)C(=O)Nc3ccc4ccccc4c3)c2c1. The van der Waals surface area contributed by atoms with Crippen molar-refractivity contribution in [3.63, 3.8) is 0 Å². The van der Waals surface area contributed by atoms with Crippen LogP contribution in [0.5, 0.6) is 5.75 Å². The van der Waals surface area contributed by atoms with E-state index in [1.165, 1.54) is 6.92 Å². The quantitative estimate of drug-likeness (QED) is 0.137. The Morgan fingerprint density at radius 3 is 2.39 bits per heavy atom. The highest BCUT2D eigenvalue weighted by molar-refractivity contribution is 7.85. The second-order valence-corrected chi connectivity index (χ2v) is 13.4.